The molecule has 4 rings (SSSR count). The van der Waals surface area contributed by atoms with Crippen molar-refractivity contribution in [3.63, 3.8) is 0 Å². The summed E-state index contributed by atoms with van der Waals surface area (Å²) in [4.78, 5) is 0. The van der Waals surface area contributed by atoms with Crippen LogP contribution >= 0.6 is 12.4 Å². The van der Waals surface area contributed by atoms with Gasteiger partial charge in [-0.15, -0.1) is 12.4 Å². The Kier molecular flexibility index (Phi) is 2.42. The van der Waals surface area contributed by atoms with E-state index in [-0.39, 0.29) is 12.4 Å². The maximum Gasteiger partial charge on any atom is 0.0122 e. The molecule has 1 heterocycles. The molecule has 88 valence electrons. The zero-order valence-corrected chi connectivity index (χ0v) is 10.5. The predicted molar refractivity (Wildman–Crippen MR) is 73.9 cm³/mol. The second kappa shape index (κ2) is 3.72. The molecule has 0 bridgehead atoms. The van der Waals surface area contributed by atoms with Gasteiger partial charge in [0.2, 0.25) is 0 Å². The largest absolute Gasteiger partial charge is 0.316 e. The summed E-state index contributed by atoms with van der Waals surface area (Å²) < 4.78 is 0. The first-order valence-corrected chi connectivity index (χ1v) is 6.08. The average Bonchev–Trinajstić information content (AvgIpc) is 2.92. The van der Waals surface area contributed by atoms with Crippen LogP contribution in [0.4, 0.5) is 0 Å². The van der Waals surface area contributed by atoms with Gasteiger partial charge in [0, 0.05) is 12.0 Å². The zero-order valence-electron chi connectivity index (χ0n) is 9.65. The van der Waals surface area contributed by atoms with Crippen LogP contribution < -0.4 is 5.32 Å². The number of halogens is 1. The van der Waals surface area contributed by atoms with Crippen molar-refractivity contribution < 1.29 is 0 Å². The molecule has 2 aromatic carbocycles. The first-order valence-electron chi connectivity index (χ1n) is 6.08. The van der Waals surface area contributed by atoms with Crippen LogP contribution in [0.2, 0.25) is 0 Å². The highest BCUT2D eigenvalue weighted by Crippen LogP contribution is 2.56. The molecule has 17 heavy (non-hydrogen) atoms. The monoisotopic (exact) mass is 245 g/mol. The zero-order chi connectivity index (χ0) is 10.6. The summed E-state index contributed by atoms with van der Waals surface area (Å²) in [5.74, 6) is 0.897. The molecule has 2 aliphatic rings. The van der Waals surface area contributed by atoms with Crippen molar-refractivity contribution in [3.8, 4) is 0 Å². The lowest BCUT2D eigenvalue weighted by Gasteiger charge is -2.13. The lowest BCUT2D eigenvalue weighted by molar-refractivity contribution is 0.676. The molecule has 1 N–H and O–H groups in total. The van der Waals surface area contributed by atoms with Crippen LogP contribution in [-0.4, -0.2) is 13.1 Å². The van der Waals surface area contributed by atoms with Crippen molar-refractivity contribution in [1.29, 1.82) is 0 Å². The Balaban J connectivity index is 0.000000902. The second-order valence-electron chi connectivity index (χ2n) is 5.25. The van der Waals surface area contributed by atoms with E-state index in [4.69, 9.17) is 0 Å². The van der Waals surface area contributed by atoms with E-state index in [0.717, 1.165) is 5.92 Å². The van der Waals surface area contributed by atoms with Crippen molar-refractivity contribution in [2.24, 2.45) is 5.92 Å². The third kappa shape index (κ3) is 1.50. The van der Waals surface area contributed by atoms with Crippen molar-refractivity contribution >= 4 is 23.2 Å². The highest BCUT2D eigenvalue weighted by Gasteiger charge is 2.57. The molecule has 0 radical (unpaired) electrons. The Bertz CT molecular complexity index is 566. The molecule has 2 fully saturated rings. The molecule has 2 aromatic rings. The molecular formula is C15H16ClN. The smallest absolute Gasteiger partial charge is 0.0122 e. The van der Waals surface area contributed by atoms with Gasteiger partial charge in [-0.2, -0.15) is 0 Å². The first kappa shape index (κ1) is 11.1. The summed E-state index contributed by atoms with van der Waals surface area (Å²) in [5, 5.41) is 6.24. The minimum Gasteiger partial charge on any atom is -0.316 e. The van der Waals surface area contributed by atoms with Gasteiger partial charge in [-0.25, -0.2) is 0 Å². The second-order valence-corrected chi connectivity index (χ2v) is 5.25. The fourth-order valence-corrected chi connectivity index (χ4v) is 3.29. The summed E-state index contributed by atoms with van der Waals surface area (Å²) >= 11 is 0. The minimum atomic E-state index is 0. The van der Waals surface area contributed by atoms with Gasteiger partial charge in [0.15, 0.2) is 0 Å². The first-order chi connectivity index (χ1) is 7.88. The summed E-state index contributed by atoms with van der Waals surface area (Å²) in [6.07, 6.45) is 1.39. The number of hydrogen-bond acceptors (Lipinski definition) is 1. The van der Waals surface area contributed by atoms with E-state index in [1.54, 1.807) is 5.56 Å². The van der Waals surface area contributed by atoms with Crippen LogP contribution in [0, 0.1) is 5.92 Å². The Morgan fingerprint density at radius 3 is 2.59 bits per heavy atom. The maximum atomic E-state index is 3.51. The molecule has 1 saturated heterocycles. The average molecular weight is 246 g/mol. The quantitative estimate of drug-likeness (QED) is 0.814. The van der Waals surface area contributed by atoms with Gasteiger partial charge in [-0.1, -0.05) is 42.5 Å². The minimum absolute atomic E-state index is 0. The Hall–Kier alpha value is -1.05. The maximum absolute atomic E-state index is 3.51. The number of nitrogens with one attached hydrogen (secondary N) is 1. The molecule has 1 saturated carbocycles. The number of hydrogen-bond donors (Lipinski definition) is 1. The normalized spacial score (nSPS) is 29.8. The molecule has 2 atom stereocenters. The van der Waals surface area contributed by atoms with Crippen molar-refractivity contribution in [1.82, 2.24) is 5.32 Å². The van der Waals surface area contributed by atoms with Crippen LogP contribution in [0.25, 0.3) is 10.8 Å². The Labute approximate surface area is 108 Å². The predicted octanol–water partition coefficient (Wildman–Crippen LogP) is 3.12. The van der Waals surface area contributed by atoms with E-state index in [9.17, 15) is 0 Å². The molecule has 2 heteroatoms. The molecule has 1 aliphatic carbocycles. The van der Waals surface area contributed by atoms with E-state index >= 15 is 0 Å². The molecule has 0 aromatic heterocycles. The fraction of sp³-hybridized carbons (Fsp3) is 0.333. The Morgan fingerprint density at radius 1 is 1.06 bits per heavy atom. The molecular weight excluding hydrogens is 230 g/mol. The van der Waals surface area contributed by atoms with Crippen molar-refractivity contribution in [3.05, 3.63) is 48.0 Å². The van der Waals surface area contributed by atoms with Gasteiger partial charge in [-0.3, -0.25) is 0 Å². The highest BCUT2D eigenvalue weighted by molar-refractivity contribution is 5.85. The van der Waals surface area contributed by atoms with Gasteiger partial charge in [0.05, 0.1) is 0 Å². The van der Waals surface area contributed by atoms with Crippen LogP contribution in [0.15, 0.2) is 42.5 Å². The SMILES string of the molecule is Cl.c1ccc2cc([C@@]34CNC[C@@H]3C4)ccc2c1. The fourth-order valence-electron chi connectivity index (χ4n) is 3.29. The van der Waals surface area contributed by atoms with Gasteiger partial charge in [0.25, 0.3) is 0 Å². The lowest BCUT2D eigenvalue weighted by Crippen LogP contribution is -2.19. The molecule has 0 amide bonds. The topological polar surface area (TPSA) is 12.0 Å². The number of fused-ring (bicyclic) bond motifs is 2. The van der Waals surface area contributed by atoms with Gasteiger partial charge < -0.3 is 5.32 Å². The third-order valence-electron chi connectivity index (χ3n) is 4.39. The van der Waals surface area contributed by atoms with Crippen molar-refractivity contribution in [2.75, 3.05) is 13.1 Å². The van der Waals surface area contributed by atoms with Gasteiger partial charge >= 0.3 is 0 Å². The third-order valence-corrected chi connectivity index (χ3v) is 4.39. The van der Waals surface area contributed by atoms with Crippen molar-refractivity contribution in [2.45, 2.75) is 11.8 Å². The lowest BCUT2D eigenvalue weighted by atomic mass is 9.93. The number of rotatable bonds is 1. The van der Waals surface area contributed by atoms with E-state index in [2.05, 4.69) is 47.8 Å². The molecule has 1 nitrogen and oxygen atoms in total. The van der Waals surface area contributed by atoms with Gasteiger partial charge in [-0.05, 0) is 35.2 Å². The highest BCUT2D eigenvalue weighted by atomic mass is 35.5. The van der Waals surface area contributed by atoms with Crippen LogP contribution in [-0.2, 0) is 5.41 Å². The summed E-state index contributed by atoms with van der Waals surface area (Å²) in [7, 11) is 0. The summed E-state index contributed by atoms with van der Waals surface area (Å²) in [5.41, 5.74) is 2.03. The van der Waals surface area contributed by atoms with E-state index < -0.39 is 0 Å². The summed E-state index contributed by atoms with van der Waals surface area (Å²) in [6.45, 7) is 2.39. The number of benzene rings is 2. The van der Waals surface area contributed by atoms with Crippen LogP contribution in [0.3, 0.4) is 0 Å². The molecule has 0 unspecified atom stereocenters. The molecule has 0 spiro atoms. The van der Waals surface area contributed by atoms with E-state index in [1.165, 1.54) is 30.3 Å². The molecule has 1 aliphatic heterocycles. The van der Waals surface area contributed by atoms with Crippen LogP contribution in [0.5, 0.6) is 0 Å². The Morgan fingerprint density at radius 2 is 1.88 bits per heavy atom. The van der Waals surface area contributed by atoms with E-state index in [0.29, 0.717) is 5.41 Å². The van der Waals surface area contributed by atoms with E-state index in [1.807, 2.05) is 0 Å². The summed E-state index contributed by atoms with van der Waals surface area (Å²) in [6, 6.07) is 15.6. The number of piperidine rings is 1. The van der Waals surface area contributed by atoms with Gasteiger partial charge in [0.1, 0.15) is 0 Å². The van der Waals surface area contributed by atoms with Crippen LogP contribution in [0.1, 0.15) is 12.0 Å². The standard InChI is InChI=1S/C15H15N.ClH/c1-2-4-12-7-13(6-5-11(12)3-1)15-8-14(15)9-16-10-15;/h1-7,14,16H,8-10H2;1H/t14-,15+;/m0./s1.